The van der Waals surface area contributed by atoms with Crippen LogP contribution in [0.4, 0.5) is 5.69 Å². The van der Waals surface area contributed by atoms with Crippen molar-refractivity contribution in [2.75, 3.05) is 5.32 Å². The SMILES string of the molecule is C1=C(c2ccccc2)NC(c2ccc(-c3ccc4c(ccc5ccc6c(c54)NC(c4ccccc4)O6)c3)cc2)N=C1c1ccccc1. The van der Waals surface area contributed by atoms with Crippen molar-refractivity contribution in [2.45, 2.75) is 12.4 Å². The zero-order chi connectivity index (χ0) is 31.2. The summed E-state index contributed by atoms with van der Waals surface area (Å²) in [7, 11) is 0. The molecule has 7 aromatic rings. The molecule has 7 aromatic carbocycles. The minimum absolute atomic E-state index is 0.195. The van der Waals surface area contributed by atoms with Crippen molar-refractivity contribution in [1.29, 1.82) is 0 Å². The molecule has 2 aliphatic heterocycles. The van der Waals surface area contributed by atoms with Crippen LogP contribution in [0.3, 0.4) is 0 Å². The number of rotatable bonds is 5. The van der Waals surface area contributed by atoms with Crippen LogP contribution in [0.1, 0.15) is 34.6 Å². The lowest BCUT2D eigenvalue weighted by atomic mass is 9.95. The van der Waals surface area contributed by atoms with Crippen molar-refractivity contribution < 1.29 is 4.74 Å². The predicted molar refractivity (Wildman–Crippen MR) is 194 cm³/mol. The summed E-state index contributed by atoms with van der Waals surface area (Å²) in [6, 6.07) is 55.3. The molecule has 0 amide bonds. The molecule has 0 aliphatic carbocycles. The highest BCUT2D eigenvalue weighted by atomic mass is 16.5. The first-order valence-electron chi connectivity index (χ1n) is 16.0. The van der Waals surface area contributed by atoms with E-state index in [4.69, 9.17) is 9.73 Å². The number of anilines is 1. The highest BCUT2D eigenvalue weighted by Crippen LogP contribution is 2.45. The van der Waals surface area contributed by atoms with E-state index in [0.29, 0.717) is 0 Å². The van der Waals surface area contributed by atoms with Gasteiger partial charge in [0.2, 0.25) is 0 Å². The van der Waals surface area contributed by atoms with E-state index in [2.05, 4.69) is 144 Å². The molecule has 0 saturated carbocycles. The molecule has 0 aromatic heterocycles. The average Bonchev–Trinajstić information content (AvgIpc) is 3.60. The molecule has 4 heteroatoms. The summed E-state index contributed by atoms with van der Waals surface area (Å²) in [6.45, 7) is 0. The quantitative estimate of drug-likeness (QED) is 0.192. The van der Waals surface area contributed by atoms with Gasteiger partial charge in [-0.25, -0.2) is 0 Å². The van der Waals surface area contributed by atoms with Gasteiger partial charge in [0.15, 0.2) is 6.23 Å². The summed E-state index contributed by atoms with van der Waals surface area (Å²) >= 11 is 0. The van der Waals surface area contributed by atoms with Crippen LogP contribution in [0.2, 0.25) is 0 Å². The fourth-order valence-electron chi connectivity index (χ4n) is 6.73. The Labute approximate surface area is 273 Å². The molecule has 0 saturated heterocycles. The summed E-state index contributed by atoms with van der Waals surface area (Å²) in [4.78, 5) is 5.14. The summed E-state index contributed by atoms with van der Waals surface area (Å²) in [5.41, 5.74) is 9.92. The lowest BCUT2D eigenvalue weighted by Gasteiger charge is -2.25. The molecule has 0 radical (unpaired) electrons. The first kappa shape index (κ1) is 27.2. The van der Waals surface area contributed by atoms with Gasteiger partial charge < -0.3 is 15.4 Å². The monoisotopic (exact) mass is 605 g/mol. The Balaban J connectivity index is 1.04. The second-order valence-electron chi connectivity index (χ2n) is 12.1. The number of benzene rings is 7. The number of hydrogen-bond donors (Lipinski definition) is 2. The molecule has 0 bridgehead atoms. The summed E-state index contributed by atoms with van der Waals surface area (Å²) in [5, 5.41) is 12.1. The number of fused-ring (bicyclic) bond motifs is 5. The van der Waals surface area contributed by atoms with Crippen LogP contribution in [-0.4, -0.2) is 5.71 Å². The average molecular weight is 606 g/mol. The maximum Gasteiger partial charge on any atom is 0.196 e. The fourth-order valence-corrected chi connectivity index (χ4v) is 6.73. The molecule has 0 spiro atoms. The second-order valence-corrected chi connectivity index (χ2v) is 12.1. The third-order valence-corrected chi connectivity index (χ3v) is 9.14. The minimum atomic E-state index is -0.198. The van der Waals surface area contributed by atoms with E-state index in [-0.39, 0.29) is 12.4 Å². The standard InChI is InChI=1S/C43H31N3O/c1-4-10-29(11-5-1)37-27-38(30-12-6-2-7-13-30)45-42(44-37)32-19-16-28(17-20-32)34-22-24-36-35(26-34)21-18-31-23-25-39-41(40(31)36)46-43(47-39)33-14-8-3-9-15-33/h1-27,42-44,46H. The molecule has 224 valence electrons. The van der Waals surface area contributed by atoms with E-state index in [1.807, 2.05) is 30.3 Å². The minimum Gasteiger partial charge on any atom is -0.464 e. The number of aliphatic imine (C=N–C) groups is 1. The fraction of sp³-hybridized carbons (Fsp3) is 0.0465. The molecule has 4 nitrogen and oxygen atoms in total. The third kappa shape index (κ3) is 5.01. The highest BCUT2D eigenvalue weighted by molar-refractivity contribution is 6.16. The molecular formula is C43H31N3O. The van der Waals surface area contributed by atoms with Gasteiger partial charge >= 0.3 is 0 Å². The van der Waals surface area contributed by atoms with Crippen LogP contribution in [0, 0.1) is 0 Å². The molecule has 9 rings (SSSR count). The molecule has 2 N–H and O–H groups in total. The molecule has 2 atom stereocenters. The maximum atomic E-state index is 6.34. The highest BCUT2D eigenvalue weighted by Gasteiger charge is 2.26. The van der Waals surface area contributed by atoms with Crippen LogP contribution in [0.5, 0.6) is 5.75 Å². The normalized spacial score (nSPS) is 16.9. The lowest BCUT2D eigenvalue weighted by Crippen LogP contribution is -2.24. The molecule has 47 heavy (non-hydrogen) atoms. The maximum absolute atomic E-state index is 6.34. The van der Waals surface area contributed by atoms with Crippen LogP contribution < -0.4 is 15.4 Å². The first-order valence-corrected chi connectivity index (χ1v) is 16.0. The van der Waals surface area contributed by atoms with Gasteiger partial charge in [0.05, 0.1) is 11.4 Å². The summed E-state index contributed by atoms with van der Waals surface area (Å²) in [5.74, 6) is 0.887. The lowest BCUT2D eigenvalue weighted by molar-refractivity contribution is 0.260. The van der Waals surface area contributed by atoms with Crippen molar-refractivity contribution >= 4 is 38.6 Å². The zero-order valence-corrected chi connectivity index (χ0v) is 25.6. The smallest absolute Gasteiger partial charge is 0.196 e. The van der Waals surface area contributed by atoms with Gasteiger partial charge in [-0.1, -0.05) is 146 Å². The Morgan fingerprint density at radius 2 is 1.17 bits per heavy atom. The molecule has 2 heterocycles. The molecule has 2 aliphatic rings. The van der Waals surface area contributed by atoms with Gasteiger partial charge in [-0.2, -0.15) is 0 Å². The Morgan fingerprint density at radius 3 is 1.94 bits per heavy atom. The van der Waals surface area contributed by atoms with Gasteiger partial charge in [0.25, 0.3) is 0 Å². The van der Waals surface area contributed by atoms with Crippen molar-refractivity contribution in [3.8, 4) is 16.9 Å². The van der Waals surface area contributed by atoms with E-state index in [0.717, 1.165) is 45.1 Å². The molecule has 0 fully saturated rings. The van der Waals surface area contributed by atoms with Crippen LogP contribution >= 0.6 is 0 Å². The number of nitrogens with zero attached hydrogens (tertiary/aromatic N) is 1. The second kappa shape index (κ2) is 11.3. The molecular weight excluding hydrogens is 574 g/mol. The number of allylic oxidation sites excluding steroid dienone is 1. The van der Waals surface area contributed by atoms with Crippen molar-refractivity contribution in [3.63, 3.8) is 0 Å². The van der Waals surface area contributed by atoms with E-state index >= 15 is 0 Å². The Morgan fingerprint density at radius 1 is 0.511 bits per heavy atom. The number of nitrogens with one attached hydrogen (secondary N) is 2. The van der Waals surface area contributed by atoms with Crippen molar-refractivity contribution in [1.82, 2.24) is 5.32 Å². The van der Waals surface area contributed by atoms with Crippen LogP contribution in [-0.2, 0) is 0 Å². The number of ether oxygens (including phenoxy) is 1. The van der Waals surface area contributed by atoms with Crippen LogP contribution in [0.25, 0.3) is 38.4 Å². The molecule has 2 unspecified atom stereocenters. The van der Waals surface area contributed by atoms with E-state index in [1.165, 1.54) is 32.7 Å². The topological polar surface area (TPSA) is 45.6 Å². The third-order valence-electron chi connectivity index (χ3n) is 9.14. The van der Waals surface area contributed by atoms with E-state index < -0.39 is 0 Å². The van der Waals surface area contributed by atoms with Crippen LogP contribution in [0.15, 0.2) is 169 Å². The summed E-state index contributed by atoms with van der Waals surface area (Å²) in [6.07, 6.45) is 1.75. The Hall–Kier alpha value is -6.13. The van der Waals surface area contributed by atoms with Gasteiger partial charge in [-0.3, -0.25) is 4.99 Å². The Kier molecular flexibility index (Phi) is 6.57. The van der Waals surface area contributed by atoms with Gasteiger partial charge in [-0.05, 0) is 62.2 Å². The zero-order valence-electron chi connectivity index (χ0n) is 25.6. The van der Waals surface area contributed by atoms with Gasteiger partial charge in [0, 0.05) is 16.6 Å². The predicted octanol–water partition coefficient (Wildman–Crippen LogP) is 10.3. The summed E-state index contributed by atoms with van der Waals surface area (Å²) < 4.78 is 6.34. The Bertz CT molecular complexity index is 2310. The van der Waals surface area contributed by atoms with E-state index in [9.17, 15) is 0 Å². The van der Waals surface area contributed by atoms with Crippen molar-refractivity contribution in [2.24, 2.45) is 4.99 Å². The largest absolute Gasteiger partial charge is 0.464 e. The van der Waals surface area contributed by atoms with Crippen molar-refractivity contribution in [3.05, 3.63) is 186 Å². The number of hydrogen-bond acceptors (Lipinski definition) is 4. The van der Waals surface area contributed by atoms with E-state index in [1.54, 1.807) is 0 Å². The van der Waals surface area contributed by atoms with Gasteiger partial charge in [0.1, 0.15) is 11.9 Å². The van der Waals surface area contributed by atoms with Gasteiger partial charge in [-0.15, -0.1) is 0 Å². The first-order chi connectivity index (χ1) is 23.3.